The van der Waals surface area contributed by atoms with Gasteiger partial charge in [-0.1, -0.05) is 23.7 Å². The summed E-state index contributed by atoms with van der Waals surface area (Å²) in [6, 6.07) is 8.53. The number of thiophene rings is 1. The van der Waals surface area contributed by atoms with E-state index in [1.807, 2.05) is 26.0 Å². The molecule has 112 valence electrons. The Morgan fingerprint density at radius 3 is 2.71 bits per heavy atom. The first-order valence-electron chi connectivity index (χ1n) is 6.36. The second-order valence-corrected chi connectivity index (χ2v) is 9.12. The molecule has 2 heterocycles. The molecule has 21 heavy (non-hydrogen) atoms. The van der Waals surface area contributed by atoms with Crippen molar-refractivity contribution in [1.82, 2.24) is 0 Å². The lowest BCUT2D eigenvalue weighted by atomic mass is 10.0. The molecule has 1 N–H and O–H groups in total. The van der Waals surface area contributed by atoms with Crippen LogP contribution in [-0.4, -0.2) is 14.0 Å². The minimum absolute atomic E-state index is 0.183. The Labute approximate surface area is 132 Å². The van der Waals surface area contributed by atoms with Gasteiger partial charge in [0.2, 0.25) is 0 Å². The van der Waals surface area contributed by atoms with Crippen molar-refractivity contribution in [2.75, 3.05) is 4.72 Å². The van der Waals surface area contributed by atoms with Crippen LogP contribution in [0.2, 0.25) is 4.34 Å². The summed E-state index contributed by atoms with van der Waals surface area (Å²) in [5.74, 6) is 0.605. The van der Waals surface area contributed by atoms with E-state index in [0.29, 0.717) is 15.8 Å². The van der Waals surface area contributed by atoms with E-state index in [2.05, 4.69) is 4.72 Å². The van der Waals surface area contributed by atoms with E-state index in [4.69, 9.17) is 16.3 Å². The third-order valence-corrected chi connectivity index (χ3v) is 6.24. The van der Waals surface area contributed by atoms with Crippen molar-refractivity contribution in [2.45, 2.75) is 30.1 Å². The molecule has 0 aliphatic carbocycles. The molecule has 0 saturated heterocycles. The van der Waals surface area contributed by atoms with E-state index in [-0.39, 0.29) is 9.81 Å². The average Bonchev–Trinajstić information content (AvgIpc) is 2.92. The smallest absolute Gasteiger partial charge is 0.271 e. The Kier molecular flexibility index (Phi) is 3.43. The lowest BCUT2D eigenvalue weighted by Gasteiger charge is -2.18. The minimum Gasteiger partial charge on any atom is -0.485 e. The van der Waals surface area contributed by atoms with Crippen LogP contribution in [0.15, 0.2) is 34.5 Å². The van der Waals surface area contributed by atoms with Crippen LogP contribution in [0.25, 0.3) is 0 Å². The summed E-state index contributed by atoms with van der Waals surface area (Å²) >= 11 is 6.82. The number of fused-ring (bicyclic) bond motifs is 1. The van der Waals surface area contributed by atoms with Crippen molar-refractivity contribution >= 4 is 38.6 Å². The van der Waals surface area contributed by atoms with Gasteiger partial charge in [-0.25, -0.2) is 8.42 Å². The highest BCUT2D eigenvalue weighted by molar-refractivity contribution is 7.94. The molecular formula is C14H14ClNO3S2. The molecule has 0 fully saturated rings. The van der Waals surface area contributed by atoms with E-state index in [1.54, 1.807) is 12.1 Å². The van der Waals surface area contributed by atoms with Crippen molar-refractivity contribution in [2.24, 2.45) is 0 Å². The van der Waals surface area contributed by atoms with E-state index >= 15 is 0 Å². The van der Waals surface area contributed by atoms with Crippen LogP contribution in [0, 0.1) is 0 Å². The summed E-state index contributed by atoms with van der Waals surface area (Å²) in [6.45, 7) is 3.95. The van der Waals surface area contributed by atoms with E-state index < -0.39 is 10.0 Å². The zero-order valence-electron chi connectivity index (χ0n) is 11.5. The first-order chi connectivity index (χ1) is 9.77. The molecule has 3 rings (SSSR count). The van der Waals surface area contributed by atoms with Gasteiger partial charge in [0.25, 0.3) is 10.0 Å². The van der Waals surface area contributed by atoms with Gasteiger partial charge in [-0.2, -0.15) is 0 Å². The largest absolute Gasteiger partial charge is 0.485 e. The number of benzene rings is 1. The molecular weight excluding hydrogens is 330 g/mol. The average molecular weight is 344 g/mol. The fourth-order valence-corrected chi connectivity index (χ4v) is 4.88. The van der Waals surface area contributed by atoms with Gasteiger partial charge < -0.3 is 4.74 Å². The summed E-state index contributed by atoms with van der Waals surface area (Å²) in [7, 11) is -3.65. The molecule has 4 nitrogen and oxygen atoms in total. The molecule has 7 heteroatoms. The lowest BCUT2D eigenvalue weighted by molar-refractivity contribution is 0.139. The highest BCUT2D eigenvalue weighted by Crippen LogP contribution is 2.41. The van der Waals surface area contributed by atoms with Crippen LogP contribution >= 0.6 is 22.9 Å². The molecule has 0 amide bonds. The molecule has 1 aliphatic rings. The molecule has 0 unspecified atom stereocenters. The third kappa shape index (κ3) is 2.88. The fourth-order valence-electron chi connectivity index (χ4n) is 2.33. The van der Waals surface area contributed by atoms with E-state index in [1.165, 1.54) is 6.07 Å². The first-order valence-corrected chi connectivity index (χ1v) is 9.04. The van der Waals surface area contributed by atoms with Crippen LogP contribution in [-0.2, 0) is 16.4 Å². The number of hydrogen-bond acceptors (Lipinski definition) is 4. The highest BCUT2D eigenvalue weighted by atomic mass is 35.5. The minimum atomic E-state index is -3.65. The molecule has 0 atom stereocenters. The maximum absolute atomic E-state index is 12.4. The number of hydrogen-bond donors (Lipinski definition) is 1. The fraction of sp³-hybridized carbons (Fsp3) is 0.286. The Balaban J connectivity index is 1.96. The first kappa shape index (κ1) is 14.7. The van der Waals surface area contributed by atoms with E-state index in [0.717, 1.165) is 23.3 Å². The van der Waals surface area contributed by atoms with Gasteiger partial charge in [-0.05, 0) is 32.0 Å². The Bertz CT molecular complexity index is 796. The molecule has 0 bridgehead atoms. The number of sulfonamides is 1. The Hall–Kier alpha value is -1.24. The predicted octanol–water partition coefficient (Wildman–Crippen LogP) is 3.92. The molecule has 0 spiro atoms. The lowest BCUT2D eigenvalue weighted by Crippen LogP contribution is -2.25. The molecule has 0 saturated carbocycles. The van der Waals surface area contributed by atoms with Crippen molar-refractivity contribution in [3.05, 3.63) is 40.2 Å². The van der Waals surface area contributed by atoms with E-state index in [9.17, 15) is 8.42 Å². The monoisotopic (exact) mass is 343 g/mol. The summed E-state index contributed by atoms with van der Waals surface area (Å²) in [6.07, 6.45) is 0.753. The molecule has 2 aromatic rings. The zero-order chi connectivity index (χ0) is 15.3. The number of anilines is 1. The number of ether oxygens (including phenoxy) is 1. The Morgan fingerprint density at radius 2 is 2.05 bits per heavy atom. The van der Waals surface area contributed by atoms with Crippen molar-refractivity contribution < 1.29 is 13.2 Å². The number of nitrogens with one attached hydrogen (secondary N) is 1. The maximum atomic E-state index is 12.4. The number of halogens is 1. The summed E-state index contributed by atoms with van der Waals surface area (Å²) < 4.78 is 33.8. The summed E-state index contributed by atoms with van der Waals surface area (Å²) in [5, 5.41) is 0. The highest BCUT2D eigenvalue weighted by Gasteiger charge is 2.32. The van der Waals surface area contributed by atoms with Crippen molar-refractivity contribution in [3.8, 4) is 5.75 Å². The topological polar surface area (TPSA) is 55.4 Å². The standard InChI is InChI=1S/C14H14ClNO3S2/c1-14(2)8-9-4-3-5-10(13(9)19-14)16-21(17,18)12-7-6-11(15)20-12/h3-7,16H,8H2,1-2H3. The SMILES string of the molecule is CC1(C)Cc2cccc(NS(=O)(=O)c3ccc(Cl)s3)c2O1. The van der Waals surface area contributed by atoms with Crippen molar-refractivity contribution in [1.29, 1.82) is 0 Å². The molecule has 0 radical (unpaired) electrons. The second-order valence-electron chi connectivity index (χ2n) is 5.50. The van der Waals surface area contributed by atoms with Crippen LogP contribution in [0.3, 0.4) is 0 Å². The summed E-state index contributed by atoms with van der Waals surface area (Å²) in [5.41, 5.74) is 1.14. The van der Waals surface area contributed by atoms with Gasteiger partial charge >= 0.3 is 0 Å². The van der Waals surface area contributed by atoms with Gasteiger partial charge in [0.05, 0.1) is 10.0 Å². The van der Waals surface area contributed by atoms with Gasteiger partial charge in [0.1, 0.15) is 15.6 Å². The molecule has 1 aromatic carbocycles. The van der Waals surface area contributed by atoms with Gasteiger partial charge in [-0.15, -0.1) is 11.3 Å². The van der Waals surface area contributed by atoms with Crippen LogP contribution in [0.1, 0.15) is 19.4 Å². The maximum Gasteiger partial charge on any atom is 0.271 e. The zero-order valence-corrected chi connectivity index (χ0v) is 13.9. The third-order valence-electron chi connectivity index (χ3n) is 3.15. The van der Waals surface area contributed by atoms with Crippen molar-refractivity contribution in [3.63, 3.8) is 0 Å². The quantitative estimate of drug-likeness (QED) is 0.919. The molecule has 1 aromatic heterocycles. The second kappa shape index (κ2) is 4.90. The van der Waals surface area contributed by atoms with Gasteiger partial charge in [0.15, 0.2) is 0 Å². The molecule has 1 aliphatic heterocycles. The van der Waals surface area contributed by atoms with Crippen LogP contribution in [0.5, 0.6) is 5.75 Å². The Morgan fingerprint density at radius 1 is 1.29 bits per heavy atom. The number of para-hydroxylation sites is 1. The van der Waals surface area contributed by atoms with Crippen LogP contribution in [0.4, 0.5) is 5.69 Å². The summed E-state index contributed by atoms with van der Waals surface area (Å²) in [4.78, 5) is 0. The van der Waals surface area contributed by atoms with Gasteiger partial charge in [-0.3, -0.25) is 4.72 Å². The van der Waals surface area contributed by atoms with Crippen LogP contribution < -0.4 is 9.46 Å². The predicted molar refractivity (Wildman–Crippen MR) is 85.0 cm³/mol. The van der Waals surface area contributed by atoms with Gasteiger partial charge in [0, 0.05) is 12.0 Å². The normalized spacial score (nSPS) is 16.3. The number of rotatable bonds is 3.